The Morgan fingerprint density at radius 2 is 1.74 bits per heavy atom. The van der Waals surface area contributed by atoms with Crippen LogP contribution >= 0.6 is 0 Å². The van der Waals surface area contributed by atoms with Crippen LogP contribution in [0.3, 0.4) is 0 Å². The van der Waals surface area contributed by atoms with Crippen LogP contribution < -0.4 is 10.6 Å². The Balaban J connectivity index is 0.954. The van der Waals surface area contributed by atoms with Gasteiger partial charge in [0.25, 0.3) is 5.91 Å². The van der Waals surface area contributed by atoms with Gasteiger partial charge in [0.2, 0.25) is 5.91 Å². The lowest BCUT2D eigenvalue weighted by Crippen LogP contribution is -2.69. The minimum absolute atomic E-state index is 0.141. The third-order valence-corrected chi connectivity index (χ3v) is 12.9. The zero-order valence-corrected chi connectivity index (χ0v) is 29.7. The van der Waals surface area contributed by atoms with E-state index in [-0.39, 0.29) is 56.3 Å². The summed E-state index contributed by atoms with van der Waals surface area (Å²) in [5.41, 5.74) is 1.87. The van der Waals surface area contributed by atoms with E-state index in [0.717, 1.165) is 61.6 Å². The van der Waals surface area contributed by atoms with Crippen molar-refractivity contribution in [3.63, 3.8) is 0 Å². The Bertz CT molecular complexity index is 1810. The summed E-state index contributed by atoms with van der Waals surface area (Å²) in [4.78, 5) is 48.5. The minimum atomic E-state index is -1.29. The highest BCUT2D eigenvalue weighted by Crippen LogP contribution is 2.64. The molecule has 9 unspecified atom stereocenters. The largest absolute Gasteiger partial charge is 0.458 e. The first-order chi connectivity index (χ1) is 25.9. The second-order valence-electron chi connectivity index (χ2n) is 16.4. The van der Waals surface area contributed by atoms with Gasteiger partial charge in [-0.1, -0.05) is 48.6 Å². The molecule has 2 amide bonds. The summed E-state index contributed by atoms with van der Waals surface area (Å²) < 4.78 is 25.9. The normalized spacial score (nSPS) is 36.4. The van der Waals surface area contributed by atoms with Crippen LogP contribution in [0.5, 0.6) is 0 Å². The number of amides is 2. The first-order valence-corrected chi connectivity index (χ1v) is 19.5. The molecule has 0 aromatic heterocycles. The van der Waals surface area contributed by atoms with Crippen molar-refractivity contribution in [3.05, 3.63) is 76.9 Å². The van der Waals surface area contributed by atoms with Gasteiger partial charge in [-0.25, -0.2) is 0 Å². The van der Waals surface area contributed by atoms with Gasteiger partial charge < -0.3 is 34.7 Å². The maximum atomic E-state index is 14.8. The number of carbonyl (C=O) groups excluding carboxylic acids is 3. The van der Waals surface area contributed by atoms with Crippen LogP contribution in [0.1, 0.15) is 78.4 Å². The van der Waals surface area contributed by atoms with E-state index >= 15 is 0 Å². The Labute approximate surface area is 308 Å². The predicted molar refractivity (Wildman–Crippen MR) is 188 cm³/mol. The Morgan fingerprint density at radius 3 is 2.53 bits per heavy atom. The summed E-state index contributed by atoms with van der Waals surface area (Å²) in [6.07, 6.45) is 10.4. The number of hydroxylamine groups is 2. The molecular weight excluding hydrogens is 678 g/mol. The number of ether oxygens (including phenoxy) is 4. The van der Waals surface area contributed by atoms with E-state index in [0.29, 0.717) is 23.7 Å². The number of allylic oxidation sites excluding steroid dienone is 1. The van der Waals surface area contributed by atoms with Crippen LogP contribution in [0.2, 0.25) is 0 Å². The summed E-state index contributed by atoms with van der Waals surface area (Å²) in [5, 5.41) is 16.6. The van der Waals surface area contributed by atoms with Crippen molar-refractivity contribution in [2.24, 2.45) is 23.2 Å². The number of fused-ring (bicyclic) bond motifs is 5. The monoisotopic (exact) mass is 725 g/mol. The molecule has 0 spiro atoms. The maximum Gasteiger partial charge on any atom is 0.327 e. The molecule has 12 heteroatoms. The second kappa shape index (κ2) is 13.0. The molecule has 8 fully saturated rings. The molecule has 8 aliphatic rings. The van der Waals surface area contributed by atoms with Gasteiger partial charge >= 0.3 is 5.97 Å². The lowest BCUT2D eigenvalue weighted by atomic mass is 9.62. The molecule has 12 nitrogen and oxygen atoms in total. The lowest BCUT2D eigenvalue weighted by Gasteiger charge is -2.48. The molecular formula is C41H47N3O9. The fourth-order valence-corrected chi connectivity index (χ4v) is 9.97. The van der Waals surface area contributed by atoms with Crippen LogP contribution in [-0.4, -0.2) is 89.6 Å². The number of rotatable bonds is 12. The van der Waals surface area contributed by atoms with Gasteiger partial charge in [0.15, 0.2) is 11.8 Å². The summed E-state index contributed by atoms with van der Waals surface area (Å²) in [7, 11) is 0. The molecule has 4 heterocycles. The van der Waals surface area contributed by atoms with Crippen LogP contribution in [0.15, 0.2) is 54.6 Å². The van der Waals surface area contributed by atoms with Gasteiger partial charge in [0.1, 0.15) is 29.8 Å². The fourth-order valence-electron chi connectivity index (χ4n) is 9.97. The zero-order valence-electron chi connectivity index (χ0n) is 29.7. The van der Waals surface area contributed by atoms with Crippen molar-refractivity contribution in [3.8, 4) is 0 Å². The first kappa shape index (κ1) is 33.9. The fraction of sp³-hybridized carbons (Fsp3) is 0.585. The van der Waals surface area contributed by atoms with E-state index in [4.69, 9.17) is 28.9 Å². The topological polar surface area (TPSA) is 148 Å². The van der Waals surface area contributed by atoms with E-state index in [9.17, 15) is 14.4 Å². The number of hydrogen-bond acceptors (Lipinski definition) is 10. The molecule has 4 saturated heterocycles. The van der Waals surface area contributed by atoms with Gasteiger partial charge in [0.05, 0.1) is 25.4 Å². The molecule has 4 saturated carbocycles. The van der Waals surface area contributed by atoms with Gasteiger partial charge in [-0.15, -0.1) is 0 Å². The van der Waals surface area contributed by atoms with Crippen molar-refractivity contribution in [2.45, 2.75) is 113 Å². The lowest BCUT2D eigenvalue weighted by molar-refractivity contribution is -0.235. The van der Waals surface area contributed by atoms with Crippen molar-refractivity contribution < 1.29 is 43.3 Å². The predicted octanol–water partition coefficient (Wildman–Crippen LogP) is 3.41. The SMILES string of the molecule is O=C(NCCO)c1cccc(CNC(=O)C23CC4OC(=O)C2N(Cc2ccccc2C=CC2CCC5OC5C2)OC3C2OC(C3CC3)(C3CC3)OC42)c1. The Hall–Kier alpha value is -3.65. The van der Waals surface area contributed by atoms with E-state index in [1.54, 1.807) is 23.3 Å². The average Bonchev–Trinajstić information content (AvgIpc) is 4.07. The number of epoxide rings is 1. The molecule has 4 aliphatic heterocycles. The number of benzene rings is 2. The van der Waals surface area contributed by atoms with Gasteiger partial charge in [0, 0.05) is 36.9 Å². The maximum absolute atomic E-state index is 14.8. The smallest absolute Gasteiger partial charge is 0.327 e. The van der Waals surface area contributed by atoms with Crippen LogP contribution in [0.25, 0.3) is 6.08 Å². The number of carbonyl (C=O) groups is 3. The quantitative estimate of drug-likeness (QED) is 0.220. The average molecular weight is 726 g/mol. The number of hydrogen-bond donors (Lipinski definition) is 3. The standard InChI is InChI=1S/C41H47N3O9/c45-17-16-42-37(46)26-7-3-4-24(18-26)21-43-39(48)40-20-32-33-34(52-41(51-33,28-11-12-28)29-13-14-29)36(40)53-44(35(40)38(47)50-32)22-27-6-2-1-5-25(27)10-8-23-9-15-30-31(19-23)49-30/h1-8,10,18,23,28-36,45H,9,11-17,19-22H2,(H,42,46)(H,43,48). The summed E-state index contributed by atoms with van der Waals surface area (Å²) in [6, 6.07) is 14.1. The third-order valence-electron chi connectivity index (χ3n) is 12.9. The molecule has 280 valence electrons. The van der Waals surface area contributed by atoms with Gasteiger partial charge in [-0.3, -0.25) is 19.2 Å². The summed E-state index contributed by atoms with van der Waals surface area (Å²) >= 11 is 0. The van der Waals surface area contributed by atoms with E-state index in [1.165, 1.54) is 0 Å². The van der Waals surface area contributed by atoms with Crippen molar-refractivity contribution in [1.29, 1.82) is 0 Å². The minimum Gasteiger partial charge on any atom is -0.458 e. The van der Waals surface area contributed by atoms with Crippen molar-refractivity contribution in [1.82, 2.24) is 15.7 Å². The highest BCUT2D eigenvalue weighted by Gasteiger charge is 2.78. The highest BCUT2D eigenvalue weighted by atomic mass is 16.8. The Morgan fingerprint density at radius 1 is 0.925 bits per heavy atom. The molecule has 10 rings (SSSR count). The van der Waals surface area contributed by atoms with Crippen molar-refractivity contribution >= 4 is 23.9 Å². The number of nitrogens with one attached hydrogen (secondary N) is 2. The molecule has 53 heavy (non-hydrogen) atoms. The number of esters is 1. The molecule has 9 atom stereocenters. The van der Waals surface area contributed by atoms with Gasteiger partial charge in [-0.05, 0) is 79.7 Å². The molecule has 2 bridgehead atoms. The number of aliphatic hydroxyl groups is 1. The zero-order chi connectivity index (χ0) is 35.9. The second-order valence-corrected chi connectivity index (χ2v) is 16.4. The van der Waals surface area contributed by atoms with E-state index < -0.39 is 47.6 Å². The molecule has 0 radical (unpaired) electrons. The van der Waals surface area contributed by atoms with Crippen LogP contribution in [0.4, 0.5) is 0 Å². The highest BCUT2D eigenvalue weighted by molar-refractivity contribution is 5.95. The van der Waals surface area contributed by atoms with E-state index in [1.807, 2.05) is 24.3 Å². The molecule has 2 aromatic carbocycles. The Kier molecular flexibility index (Phi) is 8.31. The first-order valence-electron chi connectivity index (χ1n) is 19.5. The molecule has 3 N–H and O–H groups in total. The molecule has 2 aromatic rings. The molecule has 4 aliphatic carbocycles. The van der Waals surface area contributed by atoms with E-state index in [2.05, 4.69) is 28.9 Å². The van der Waals surface area contributed by atoms with Crippen LogP contribution in [-0.2, 0) is 46.5 Å². The van der Waals surface area contributed by atoms with Crippen LogP contribution in [0, 0.1) is 23.2 Å². The summed E-state index contributed by atoms with van der Waals surface area (Å²) in [5.74, 6) is -0.810. The van der Waals surface area contributed by atoms with Crippen molar-refractivity contribution in [2.75, 3.05) is 13.2 Å². The van der Waals surface area contributed by atoms with Gasteiger partial charge in [-0.2, -0.15) is 5.06 Å². The number of aliphatic hydroxyl groups excluding tert-OH is 1. The summed E-state index contributed by atoms with van der Waals surface area (Å²) in [6.45, 7) is 0.399. The number of nitrogens with zero attached hydrogens (tertiary/aromatic N) is 1. The third kappa shape index (κ3) is 5.84.